The van der Waals surface area contributed by atoms with E-state index in [0.29, 0.717) is 19.4 Å². The monoisotopic (exact) mass is 684 g/mol. The third kappa shape index (κ3) is 9.81. The lowest BCUT2D eigenvalue weighted by atomic mass is 9.82. The van der Waals surface area contributed by atoms with Crippen molar-refractivity contribution in [2.45, 2.75) is 161 Å². The van der Waals surface area contributed by atoms with E-state index in [1.165, 1.54) is 0 Å². The van der Waals surface area contributed by atoms with Crippen LogP contribution < -0.4 is 5.32 Å². The van der Waals surface area contributed by atoms with Crippen LogP contribution in [0.25, 0.3) is 0 Å². The number of hydrogen-bond acceptors (Lipinski definition) is 8. The van der Waals surface area contributed by atoms with Crippen LogP contribution in [0.5, 0.6) is 0 Å². The Balaban J connectivity index is 1.45. The molecular formula is C39H60N2O8. The van der Waals surface area contributed by atoms with E-state index in [1.807, 2.05) is 6.92 Å². The van der Waals surface area contributed by atoms with E-state index in [9.17, 15) is 28.8 Å². The fourth-order valence-electron chi connectivity index (χ4n) is 8.65. The lowest BCUT2D eigenvalue weighted by Gasteiger charge is -2.37. The molecule has 49 heavy (non-hydrogen) atoms. The number of likely N-dealkylation sites (tertiary alicyclic amines) is 1. The van der Waals surface area contributed by atoms with Crippen molar-refractivity contribution in [2.24, 2.45) is 29.1 Å². The van der Waals surface area contributed by atoms with Crippen LogP contribution in [0.3, 0.4) is 0 Å². The van der Waals surface area contributed by atoms with Crippen molar-refractivity contribution in [3.05, 3.63) is 12.7 Å². The molecule has 0 aromatic heterocycles. The van der Waals surface area contributed by atoms with Gasteiger partial charge in [0.05, 0.1) is 6.04 Å². The summed E-state index contributed by atoms with van der Waals surface area (Å²) in [4.78, 5) is 82.2. The largest absolute Gasteiger partial charge is 0.459 e. The Labute approximate surface area is 292 Å². The molecule has 10 nitrogen and oxygen atoms in total. The zero-order valence-corrected chi connectivity index (χ0v) is 30.8. The topological polar surface area (TPSA) is 136 Å². The first kappa shape index (κ1) is 38.8. The highest BCUT2D eigenvalue weighted by Gasteiger charge is 2.69. The molecule has 3 saturated carbocycles. The molecule has 4 aliphatic rings. The lowest BCUT2D eigenvalue weighted by Crippen LogP contribution is -2.57. The Morgan fingerprint density at radius 2 is 1.61 bits per heavy atom. The van der Waals surface area contributed by atoms with Crippen molar-refractivity contribution in [1.29, 1.82) is 0 Å². The smallest absolute Gasteiger partial charge is 0.408 e. The molecule has 1 saturated heterocycles. The number of carbonyl (C=O) groups is 6. The summed E-state index contributed by atoms with van der Waals surface area (Å²) in [6.07, 6.45) is 10.1. The van der Waals surface area contributed by atoms with Gasteiger partial charge in [0.25, 0.3) is 0 Å². The molecule has 4 fully saturated rings. The molecule has 0 bridgehead atoms. The first-order chi connectivity index (χ1) is 23.0. The number of nitrogens with zero attached hydrogens (tertiary/aromatic N) is 1. The van der Waals surface area contributed by atoms with Crippen molar-refractivity contribution in [3.63, 3.8) is 0 Å². The number of piperidine rings is 1. The van der Waals surface area contributed by atoms with Crippen LogP contribution in [0.4, 0.5) is 4.79 Å². The number of rotatable bonds is 16. The Morgan fingerprint density at radius 1 is 0.959 bits per heavy atom. The third-order valence-corrected chi connectivity index (χ3v) is 11.5. The van der Waals surface area contributed by atoms with Gasteiger partial charge in [0.2, 0.25) is 11.7 Å². The van der Waals surface area contributed by atoms with Crippen LogP contribution in [0.1, 0.15) is 138 Å². The number of ketones is 3. The molecule has 0 radical (unpaired) electrons. The number of amides is 2. The van der Waals surface area contributed by atoms with E-state index in [-0.39, 0.29) is 66.5 Å². The van der Waals surface area contributed by atoms with Crippen molar-refractivity contribution in [3.8, 4) is 0 Å². The van der Waals surface area contributed by atoms with Gasteiger partial charge in [0.15, 0.2) is 11.6 Å². The molecule has 1 N–H and O–H groups in total. The molecule has 0 aromatic carbocycles. The number of allylic oxidation sites excluding steroid dienone is 1. The summed E-state index contributed by atoms with van der Waals surface area (Å²) in [6.45, 7) is 15.6. The second-order valence-corrected chi connectivity index (χ2v) is 16.9. The molecule has 1 unspecified atom stereocenters. The molecule has 3 aliphatic carbocycles. The van der Waals surface area contributed by atoms with Crippen molar-refractivity contribution < 1.29 is 38.2 Å². The summed E-state index contributed by atoms with van der Waals surface area (Å²) < 4.78 is 11.2. The number of alkyl carbamates (subject to hydrolysis) is 1. The average molecular weight is 685 g/mol. The Morgan fingerprint density at radius 3 is 2.22 bits per heavy atom. The Bertz CT molecular complexity index is 1270. The molecule has 4 rings (SSSR count). The van der Waals surface area contributed by atoms with Gasteiger partial charge in [-0.25, -0.2) is 4.79 Å². The van der Waals surface area contributed by atoms with E-state index in [2.05, 4.69) is 25.7 Å². The van der Waals surface area contributed by atoms with Crippen LogP contribution in [0.15, 0.2) is 12.7 Å². The normalized spacial score (nSPS) is 25.4. The molecule has 1 heterocycles. The molecule has 0 spiro atoms. The molecule has 274 valence electrons. The van der Waals surface area contributed by atoms with Crippen molar-refractivity contribution in [2.75, 3.05) is 6.54 Å². The van der Waals surface area contributed by atoms with Gasteiger partial charge in [-0.2, -0.15) is 0 Å². The summed E-state index contributed by atoms with van der Waals surface area (Å²) in [5.41, 5.74) is -1.32. The van der Waals surface area contributed by atoms with E-state index in [0.717, 1.165) is 57.8 Å². The summed E-state index contributed by atoms with van der Waals surface area (Å²) in [5.74, 6) is -2.89. The van der Waals surface area contributed by atoms with Gasteiger partial charge in [-0.1, -0.05) is 39.2 Å². The zero-order chi connectivity index (χ0) is 36.1. The van der Waals surface area contributed by atoms with Gasteiger partial charge in [0, 0.05) is 31.7 Å². The minimum atomic E-state index is -0.839. The van der Waals surface area contributed by atoms with Gasteiger partial charge >= 0.3 is 12.1 Å². The van der Waals surface area contributed by atoms with Crippen LogP contribution in [-0.4, -0.2) is 70.0 Å². The van der Waals surface area contributed by atoms with Gasteiger partial charge in [-0.3, -0.25) is 24.0 Å². The maximum atomic E-state index is 14.4. The number of nitrogens with one attached hydrogen (secondary N) is 1. The second-order valence-electron chi connectivity index (χ2n) is 16.9. The molecular weight excluding hydrogens is 624 g/mol. The molecule has 5 atom stereocenters. The second kappa shape index (κ2) is 15.9. The van der Waals surface area contributed by atoms with Crippen molar-refractivity contribution >= 4 is 35.3 Å². The first-order valence-corrected chi connectivity index (χ1v) is 18.7. The maximum absolute atomic E-state index is 14.4. The highest BCUT2D eigenvalue weighted by Crippen LogP contribution is 2.65. The van der Waals surface area contributed by atoms with E-state index in [4.69, 9.17) is 9.47 Å². The van der Waals surface area contributed by atoms with Crippen molar-refractivity contribution in [1.82, 2.24) is 10.2 Å². The van der Waals surface area contributed by atoms with E-state index >= 15 is 0 Å². The minimum absolute atomic E-state index is 0.0572. The summed E-state index contributed by atoms with van der Waals surface area (Å²) >= 11 is 0. The maximum Gasteiger partial charge on any atom is 0.408 e. The fraction of sp³-hybridized carbons (Fsp3) is 0.795. The number of hydrogen-bond donors (Lipinski definition) is 1. The van der Waals surface area contributed by atoms with E-state index in [1.54, 1.807) is 31.7 Å². The Hall–Kier alpha value is -3.04. The van der Waals surface area contributed by atoms with Gasteiger partial charge in [0.1, 0.15) is 17.2 Å². The zero-order valence-electron chi connectivity index (χ0n) is 30.8. The first-order valence-electron chi connectivity index (χ1n) is 18.7. The number of ether oxygens (including phenoxy) is 2. The fourth-order valence-corrected chi connectivity index (χ4v) is 8.65. The molecule has 2 amide bonds. The van der Waals surface area contributed by atoms with Crippen LogP contribution in [0.2, 0.25) is 0 Å². The van der Waals surface area contributed by atoms with Gasteiger partial charge in [-0.05, 0) is 109 Å². The Kier molecular flexibility index (Phi) is 12.6. The predicted octanol–water partition coefficient (Wildman–Crippen LogP) is 6.67. The standard InChI is InChI=1S/C39H60N2O8/c1-8-9-16-26(34(45)28(42)19-15-20-30(44)48-39(7)21-13-14-22-39)23-29(43)33-31-27(38(31,5)6)24-41(33)35(46)32(25-17-11-10-12-18-25)40-36(47)49-37(2,3)4/h8,25-27,31-33H,1,9-24H2,2-7H3,(H,40,47)/t26?,27-,31-,32-,33+/m0/s1. The quantitative estimate of drug-likeness (QED) is 0.108. The number of Topliss-reactive ketones (excluding diaryl/α,β-unsaturated/α-hetero) is 3. The van der Waals surface area contributed by atoms with Crippen LogP contribution >= 0.6 is 0 Å². The van der Waals surface area contributed by atoms with E-state index < -0.39 is 46.9 Å². The van der Waals surface area contributed by atoms with Crippen LogP contribution in [0, 0.1) is 29.1 Å². The third-order valence-electron chi connectivity index (χ3n) is 11.5. The molecule has 1 aliphatic heterocycles. The number of esters is 1. The highest BCUT2D eigenvalue weighted by molar-refractivity contribution is 6.38. The number of fused-ring (bicyclic) bond motifs is 1. The predicted molar refractivity (Wildman–Crippen MR) is 185 cm³/mol. The van der Waals surface area contributed by atoms with Gasteiger partial charge < -0.3 is 19.7 Å². The summed E-state index contributed by atoms with van der Waals surface area (Å²) in [5, 5.41) is 2.87. The summed E-state index contributed by atoms with van der Waals surface area (Å²) in [7, 11) is 0. The van der Waals surface area contributed by atoms with Crippen LogP contribution in [-0.2, 0) is 33.4 Å². The SMILES string of the molecule is C=CCCC(CC(=O)[C@@H]1[C@@H]2[C@H](CN1C(=O)[C@@H](NC(=O)OC(C)(C)C)C1CCCCC1)C2(C)C)C(=O)C(=O)CCCC(=O)OC1(C)CCCC1. The lowest BCUT2D eigenvalue weighted by molar-refractivity contribution is -0.157. The molecule has 0 aromatic rings. The minimum Gasteiger partial charge on any atom is -0.459 e. The summed E-state index contributed by atoms with van der Waals surface area (Å²) in [6, 6.07) is -1.55. The molecule has 10 heteroatoms. The van der Waals surface area contributed by atoms with Gasteiger partial charge in [-0.15, -0.1) is 6.58 Å². The number of carbonyl (C=O) groups excluding carboxylic acids is 6. The highest BCUT2D eigenvalue weighted by atomic mass is 16.6. The average Bonchev–Trinajstić information content (AvgIpc) is 3.37.